The maximum absolute atomic E-state index is 12.9. The van der Waals surface area contributed by atoms with Crippen molar-refractivity contribution in [3.63, 3.8) is 0 Å². The van der Waals surface area contributed by atoms with Gasteiger partial charge in [0.05, 0.1) is 35.2 Å². The first-order chi connectivity index (χ1) is 13.0. The van der Waals surface area contributed by atoms with Crippen LogP contribution in [0, 0.1) is 0 Å². The van der Waals surface area contributed by atoms with Crippen LogP contribution in [0.1, 0.15) is 26.3 Å². The van der Waals surface area contributed by atoms with Crippen LogP contribution in [0.4, 0.5) is 5.69 Å². The fourth-order valence-corrected chi connectivity index (χ4v) is 3.01. The monoisotopic (exact) mass is 384 g/mol. The number of anilines is 1. The summed E-state index contributed by atoms with van der Waals surface area (Å²) < 4.78 is 11.2. The third kappa shape index (κ3) is 3.98. The van der Waals surface area contributed by atoms with Crippen molar-refractivity contribution in [1.29, 1.82) is 0 Å². The average Bonchev–Trinajstić information content (AvgIpc) is 2.93. The molecule has 2 aromatic rings. The highest BCUT2D eigenvalue weighted by Gasteiger charge is 2.29. The van der Waals surface area contributed by atoms with E-state index in [0.29, 0.717) is 46.7 Å². The lowest BCUT2D eigenvalue weighted by Gasteiger charge is -2.13. The number of carbonyl (C=O) groups excluding carboxylic acids is 1. The topological polar surface area (TPSA) is 51.1 Å². The minimum absolute atomic E-state index is 0.215. The largest absolute Gasteiger partial charge is 0.490 e. The number of nitrogens with zero attached hydrogens (tertiary/aromatic N) is 2. The van der Waals surface area contributed by atoms with Gasteiger partial charge in [0.25, 0.3) is 5.91 Å². The second-order valence-electron chi connectivity index (χ2n) is 5.88. The molecule has 0 saturated heterocycles. The summed E-state index contributed by atoms with van der Waals surface area (Å²) in [6.07, 6.45) is 1.80. The fraction of sp³-hybridized carbons (Fsp3) is 0.238. The molecule has 1 aliphatic heterocycles. The molecule has 27 heavy (non-hydrogen) atoms. The number of halogens is 1. The molecule has 140 valence electrons. The van der Waals surface area contributed by atoms with Crippen LogP contribution < -0.4 is 14.5 Å². The van der Waals surface area contributed by atoms with Gasteiger partial charge in [-0.25, -0.2) is 0 Å². The van der Waals surface area contributed by atoms with E-state index in [9.17, 15) is 4.79 Å². The van der Waals surface area contributed by atoms with E-state index in [0.717, 1.165) is 5.56 Å². The minimum Gasteiger partial charge on any atom is -0.490 e. The average molecular weight is 385 g/mol. The highest BCUT2D eigenvalue weighted by molar-refractivity contribution is 6.37. The molecule has 0 N–H and O–H groups in total. The van der Waals surface area contributed by atoms with Gasteiger partial charge >= 0.3 is 0 Å². The molecule has 0 aromatic heterocycles. The Labute approximate surface area is 163 Å². The lowest BCUT2D eigenvalue weighted by Crippen LogP contribution is -2.21. The van der Waals surface area contributed by atoms with Crippen molar-refractivity contribution in [3.8, 4) is 11.5 Å². The Kier molecular flexibility index (Phi) is 5.81. The van der Waals surface area contributed by atoms with Crippen molar-refractivity contribution < 1.29 is 14.3 Å². The van der Waals surface area contributed by atoms with Crippen molar-refractivity contribution in [2.75, 3.05) is 18.2 Å². The lowest BCUT2D eigenvalue weighted by molar-refractivity contribution is -0.114. The molecule has 0 radical (unpaired) electrons. The zero-order valence-electron chi connectivity index (χ0n) is 15.5. The molecule has 1 amide bonds. The maximum Gasteiger partial charge on any atom is 0.280 e. The van der Waals surface area contributed by atoms with E-state index in [4.69, 9.17) is 21.1 Å². The molecule has 3 rings (SSSR count). The molecular weight excluding hydrogens is 364 g/mol. The van der Waals surface area contributed by atoms with Gasteiger partial charge in [-0.2, -0.15) is 10.1 Å². The first kappa shape index (κ1) is 19.0. The molecule has 0 atom stereocenters. The summed E-state index contributed by atoms with van der Waals surface area (Å²) in [4.78, 5) is 12.9. The first-order valence-electron chi connectivity index (χ1n) is 8.81. The van der Waals surface area contributed by atoms with Crippen molar-refractivity contribution in [3.05, 3.63) is 58.6 Å². The highest BCUT2D eigenvalue weighted by Crippen LogP contribution is 2.32. The molecule has 5 nitrogen and oxygen atoms in total. The molecule has 0 bridgehead atoms. The summed E-state index contributed by atoms with van der Waals surface area (Å²) in [5.41, 5.74) is 2.54. The summed E-state index contributed by atoms with van der Waals surface area (Å²) in [6, 6.07) is 12.7. The lowest BCUT2D eigenvalue weighted by atomic mass is 10.1. The molecule has 0 saturated carbocycles. The molecule has 1 heterocycles. The third-order valence-electron chi connectivity index (χ3n) is 4.02. The van der Waals surface area contributed by atoms with Gasteiger partial charge in [-0.05, 0) is 56.7 Å². The summed E-state index contributed by atoms with van der Waals surface area (Å²) in [7, 11) is 0. The van der Waals surface area contributed by atoms with E-state index in [1.807, 2.05) is 44.2 Å². The Morgan fingerprint density at radius 3 is 2.48 bits per heavy atom. The Morgan fingerprint density at radius 1 is 1.07 bits per heavy atom. The van der Waals surface area contributed by atoms with Crippen LogP contribution in [0.2, 0.25) is 5.02 Å². The van der Waals surface area contributed by atoms with Gasteiger partial charge in [0.1, 0.15) is 0 Å². The predicted molar refractivity (Wildman–Crippen MR) is 109 cm³/mol. The van der Waals surface area contributed by atoms with Crippen LogP contribution in [0.3, 0.4) is 0 Å². The molecule has 1 aliphatic rings. The van der Waals surface area contributed by atoms with E-state index in [1.165, 1.54) is 5.01 Å². The number of hydrogen-bond acceptors (Lipinski definition) is 4. The Bertz CT molecular complexity index is 921. The van der Waals surface area contributed by atoms with Crippen LogP contribution in [-0.2, 0) is 4.79 Å². The van der Waals surface area contributed by atoms with Crippen LogP contribution in [0.25, 0.3) is 6.08 Å². The van der Waals surface area contributed by atoms with Gasteiger partial charge < -0.3 is 9.47 Å². The second-order valence-corrected chi connectivity index (χ2v) is 6.29. The van der Waals surface area contributed by atoms with Crippen LogP contribution in [0.5, 0.6) is 11.5 Å². The van der Waals surface area contributed by atoms with Crippen molar-refractivity contribution in [1.82, 2.24) is 0 Å². The van der Waals surface area contributed by atoms with E-state index in [2.05, 4.69) is 5.10 Å². The van der Waals surface area contributed by atoms with Crippen LogP contribution in [-0.4, -0.2) is 24.8 Å². The van der Waals surface area contributed by atoms with Gasteiger partial charge in [0, 0.05) is 0 Å². The molecular formula is C21H21ClN2O3. The van der Waals surface area contributed by atoms with Crippen LogP contribution >= 0.6 is 11.6 Å². The minimum atomic E-state index is -0.215. The zero-order valence-corrected chi connectivity index (χ0v) is 16.3. The summed E-state index contributed by atoms with van der Waals surface area (Å²) in [6.45, 7) is 6.72. The number of rotatable bonds is 6. The quantitative estimate of drug-likeness (QED) is 0.662. The normalized spacial score (nSPS) is 15.3. The van der Waals surface area contributed by atoms with Crippen molar-refractivity contribution in [2.24, 2.45) is 5.10 Å². The molecule has 0 unspecified atom stereocenters. The molecule has 0 spiro atoms. The third-order valence-corrected chi connectivity index (χ3v) is 4.34. The fourth-order valence-electron chi connectivity index (χ4n) is 2.80. The van der Waals surface area contributed by atoms with Gasteiger partial charge in [-0.1, -0.05) is 29.8 Å². The maximum atomic E-state index is 12.9. The predicted octanol–water partition coefficient (Wildman–Crippen LogP) is 4.94. The number of ether oxygens (including phenoxy) is 2. The molecule has 6 heteroatoms. The van der Waals surface area contributed by atoms with Crippen molar-refractivity contribution in [2.45, 2.75) is 20.8 Å². The Balaban J connectivity index is 1.94. The number of para-hydroxylation sites is 1. The van der Waals surface area contributed by atoms with Crippen LogP contribution in [0.15, 0.2) is 53.1 Å². The first-order valence-corrected chi connectivity index (χ1v) is 9.18. The van der Waals surface area contributed by atoms with E-state index in [-0.39, 0.29) is 5.91 Å². The van der Waals surface area contributed by atoms with Crippen molar-refractivity contribution >= 4 is 35.0 Å². The summed E-state index contributed by atoms with van der Waals surface area (Å²) >= 11 is 6.21. The van der Waals surface area contributed by atoms with Gasteiger partial charge in [0.2, 0.25) is 0 Å². The van der Waals surface area contributed by atoms with E-state index < -0.39 is 0 Å². The summed E-state index contributed by atoms with van der Waals surface area (Å²) in [5.74, 6) is 1.12. The SMILES string of the molecule is CCOc1ccc(C=C2C(=O)N(c3ccccc3Cl)N=C2C)cc1OCC. The number of hydrogen-bond donors (Lipinski definition) is 0. The molecule has 2 aromatic carbocycles. The van der Waals surface area contributed by atoms with Gasteiger partial charge in [0.15, 0.2) is 11.5 Å². The van der Waals surface area contributed by atoms with E-state index >= 15 is 0 Å². The number of amides is 1. The molecule has 0 aliphatic carbocycles. The molecule has 0 fully saturated rings. The Morgan fingerprint density at radius 2 is 1.78 bits per heavy atom. The second kappa shape index (κ2) is 8.27. The standard InChI is InChI=1S/C21H21ClN2O3/c1-4-26-19-11-10-15(13-20(19)27-5-2)12-16-14(3)23-24(21(16)25)18-9-7-6-8-17(18)22/h6-13H,4-5H2,1-3H3. The van der Waals surface area contributed by atoms with Gasteiger partial charge in [-0.15, -0.1) is 0 Å². The number of benzene rings is 2. The van der Waals surface area contributed by atoms with E-state index in [1.54, 1.807) is 25.1 Å². The highest BCUT2D eigenvalue weighted by atomic mass is 35.5. The smallest absolute Gasteiger partial charge is 0.280 e. The summed E-state index contributed by atoms with van der Waals surface area (Å²) in [5, 5.41) is 6.19. The number of carbonyl (C=O) groups is 1. The zero-order chi connectivity index (χ0) is 19.4. The van der Waals surface area contributed by atoms with Gasteiger partial charge in [-0.3, -0.25) is 4.79 Å². The Hall–Kier alpha value is -2.79. The number of hydrazone groups is 1.